The van der Waals surface area contributed by atoms with Gasteiger partial charge in [-0.15, -0.1) is 0 Å². The van der Waals surface area contributed by atoms with Crippen molar-refractivity contribution in [3.63, 3.8) is 0 Å². The molecular weight excluding hydrogens is 153 g/mol. The van der Waals surface area contributed by atoms with Crippen LogP contribution in [-0.4, -0.2) is 24.0 Å². The molecule has 1 unspecified atom stereocenters. The summed E-state index contributed by atoms with van der Waals surface area (Å²) in [5.74, 6) is 0.303. The number of hydrogen-bond donors (Lipinski definition) is 1. The molecule has 0 saturated carbocycles. The summed E-state index contributed by atoms with van der Waals surface area (Å²) in [6, 6.07) is 1.34. The number of hydrogen-bond acceptors (Lipinski definition) is 4. The van der Waals surface area contributed by atoms with E-state index >= 15 is 0 Å². The van der Waals surface area contributed by atoms with E-state index in [2.05, 4.69) is 14.4 Å². The van der Waals surface area contributed by atoms with Crippen LogP contribution in [0.3, 0.4) is 0 Å². The van der Waals surface area contributed by atoms with Crippen molar-refractivity contribution in [1.29, 1.82) is 0 Å². The van der Waals surface area contributed by atoms with E-state index in [1.54, 1.807) is 0 Å². The van der Waals surface area contributed by atoms with Gasteiger partial charge >= 0.3 is 0 Å². The van der Waals surface area contributed by atoms with Gasteiger partial charge in [0.25, 0.3) is 5.88 Å². The second-order valence-electron chi connectivity index (χ2n) is 1.94. The molecule has 0 amide bonds. The van der Waals surface area contributed by atoms with Gasteiger partial charge in [-0.25, -0.2) is 4.39 Å². The Bertz CT molecular complexity index is 225. The summed E-state index contributed by atoms with van der Waals surface area (Å²) in [7, 11) is 1.41. The Labute approximate surface area is 62.6 Å². The van der Waals surface area contributed by atoms with Gasteiger partial charge in [0.2, 0.25) is 0 Å². The number of aliphatic hydroxyl groups excluding tert-OH is 1. The molecule has 62 valence electrons. The number of rotatable bonds is 3. The van der Waals surface area contributed by atoms with Crippen molar-refractivity contribution < 1.29 is 18.8 Å². The summed E-state index contributed by atoms with van der Waals surface area (Å²) < 4.78 is 21.0. The van der Waals surface area contributed by atoms with Crippen molar-refractivity contribution in [2.45, 2.75) is 6.10 Å². The van der Waals surface area contributed by atoms with Crippen molar-refractivity contribution >= 4 is 0 Å². The first-order chi connectivity index (χ1) is 5.27. The van der Waals surface area contributed by atoms with Gasteiger partial charge < -0.3 is 14.4 Å². The molecule has 4 nitrogen and oxygen atoms in total. The molecule has 1 heterocycles. The van der Waals surface area contributed by atoms with Crippen molar-refractivity contribution in [1.82, 2.24) is 5.16 Å². The van der Waals surface area contributed by atoms with Crippen LogP contribution in [0.4, 0.5) is 4.39 Å². The van der Waals surface area contributed by atoms with Gasteiger partial charge in [0, 0.05) is 6.07 Å². The highest BCUT2D eigenvalue weighted by atomic mass is 19.1. The van der Waals surface area contributed by atoms with E-state index in [4.69, 9.17) is 5.11 Å². The highest BCUT2D eigenvalue weighted by Gasteiger charge is 2.13. The van der Waals surface area contributed by atoms with Crippen molar-refractivity contribution in [2.24, 2.45) is 0 Å². The molecule has 1 atom stereocenters. The maximum absolute atomic E-state index is 11.8. The minimum Gasteiger partial charge on any atom is -0.479 e. The zero-order valence-electron chi connectivity index (χ0n) is 5.95. The second kappa shape index (κ2) is 3.34. The number of methoxy groups -OCH3 is 1. The third-order valence-corrected chi connectivity index (χ3v) is 1.19. The Balaban J connectivity index is 2.71. The number of nitrogens with zero attached hydrogens (tertiary/aromatic N) is 1. The number of ether oxygens (including phenoxy) is 1. The predicted octanol–water partition coefficient (Wildman–Crippen LogP) is 0.686. The Hall–Kier alpha value is -1.10. The maximum Gasteiger partial charge on any atom is 0.254 e. The van der Waals surface area contributed by atoms with E-state index in [1.165, 1.54) is 13.2 Å². The highest BCUT2D eigenvalue weighted by molar-refractivity contribution is 5.12. The molecule has 0 aliphatic rings. The van der Waals surface area contributed by atoms with Crippen LogP contribution in [0.5, 0.6) is 5.88 Å². The summed E-state index contributed by atoms with van der Waals surface area (Å²) in [6.07, 6.45) is -1.24. The number of aromatic nitrogens is 1. The van der Waals surface area contributed by atoms with Crippen molar-refractivity contribution in [2.75, 3.05) is 13.8 Å². The summed E-state index contributed by atoms with van der Waals surface area (Å²) in [5, 5.41) is 12.3. The Morgan fingerprint density at radius 3 is 3.09 bits per heavy atom. The molecule has 5 heteroatoms. The van der Waals surface area contributed by atoms with Gasteiger partial charge in [0.05, 0.1) is 7.11 Å². The van der Waals surface area contributed by atoms with Gasteiger partial charge in [-0.1, -0.05) is 0 Å². The summed E-state index contributed by atoms with van der Waals surface area (Å²) >= 11 is 0. The summed E-state index contributed by atoms with van der Waals surface area (Å²) in [6.45, 7) is -0.891. The second-order valence-corrected chi connectivity index (χ2v) is 1.94. The van der Waals surface area contributed by atoms with Crippen molar-refractivity contribution in [3.8, 4) is 5.88 Å². The average Bonchev–Trinajstić information content (AvgIpc) is 2.50. The normalized spacial score (nSPS) is 13.0. The fraction of sp³-hybridized carbons (Fsp3) is 0.500. The van der Waals surface area contributed by atoms with Crippen molar-refractivity contribution in [3.05, 3.63) is 11.8 Å². The Kier molecular flexibility index (Phi) is 2.43. The van der Waals surface area contributed by atoms with Crippen LogP contribution in [0, 0.1) is 0 Å². The average molecular weight is 161 g/mol. The van der Waals surface area contributed by atoms with Crippen LogP contribution in [0.15, 0.2) is 10.6 Å². The minimum atomic E-state index is -1.24. The molecule has 1 N–H and O–H groups in total. The molecule has 11 heavy (non-hydrogen) atoms. The third kappa shape index (κ3) is 1.68. The zero-order chi connectivity index (χ0) is 8.27. The maximum atomic E-state index is 11.8. The molecule has 1 aromatic rings. The van der Waals surface area contributed by atoms with E-state index < -0.39 is 12.8 Å². The Morgan fingerprint density at radius 2 is 2.64 bits per heavy atom. The largest absolute Gasteiger partial charge is 0.479 e. The molecule has 0 aromatic carbocycles. The van der Waals surface area contributed by atoms with E-state index in [0.717, 1.165) is 0 Å². The smallest absolute Gasteiger partial charge is 0.254 e. The SMILES string of the molecule is COc1cc(C(O)CF)on1. The first-order valence-electron chi connectivity index (χ1n) is 3.02. The minimum absolute atomic E-state index is 0.0735. The summed E-state index contributed by atoms with van der Waals surface area (Å²) in [5.41, 5.74) is 0. The molecule has 0 aliphatic heterocycles. The Morgan fingerprint density at radius 1 is 1.91 bits per heavy atom. The molecule has 1 aromatic heterocycles. The standard InChI is InChI=1S/C6H8FNO3/c1-10-6-2-5(11-8-6)4(9)3-7/h2,4,9H,3H2,1H3. The highest BCUT2D eigenvalue weighted by Crippen LogP contribution is 2.17. The van der Waals surface area contributed by atoms with Gasteiger partial charge in [0.1, 0.15) is 12.8 Å². The molecule has 0 radical (unpaired) electrons. The summed E-state index contributed by atoms with van der Waals surface area (Å²) in [4.78, 5) is 0. The molecule has 0 bridgehead atoms. The zero-order valence-corrected chi connectivity index (χ0v) is 5.95. The van der Waals surface area contributed by atoms with E-state index in [9.17, 15) is 4.39 Å². The van der Waals surface area contributed by atoms with Crippen LogP contribution in [0.1, 0.15) is 11.9 Å². The lowest BCUT2D eigenvalue weighted by Crippen LogP contribution is -1.96. The molecule has 0 fully saturated rings. The van der Waals surface area contributed by atoms with Gasteiger partial charge in [-0.2, -0.15) is 0 Å². The first kappa shape index (κ1) is 8.00. The molecule has 1 rings (SSSR count). The van der Waals surface area contributed by atoms with Crippen LogP contribution in [-0.2, 0) is 0 Å². The van der Waals surface area contributed by atoms with E-state index in [1.807, 2.05) is 0 Å². The topological polar surface area (TPSA) is 55.5 Å². The predicted molar refractivity (Wildman–Crippen MR) is 34.0 cm³/mol. The lowest BCUT2D eigenvalue weighted by Gasteiger charge is -1.96. The van der Waals surface area contributed by atoms with Crippen LogP contribution >= 0.6 is 0 Å². The van der Waals surface area contributed by atoms with Gasteiger partial charge in [-0.05, 0) is 5.16 Å². The number of alkyl halides is 1. The van der Waals surface area contributed by atoms with E-state index in [0.29, 0.717) is 0 Å². The lowest BCUT2D eigenvalue weighted by molar-refractivity contribution is 0.110. The molecule has 0 aliphatic carbocycles. The molecular formula is C6H8FNO3. The third-order valence-electron chi connectivity index (χ3n) is 1.19. The molecule has 0 saturated heterocycles. The number of halogens is 1. The monoisotopic (exact) mass is 161 g/mol. The fourth-order valence-electron chi connectivity index (χ4n) is 0.601. The van der Waals surface area contributed by atoms with Crippen LogP contribution < -0.4 is 4.74 Å². The van der Waals surface area contributed by atoms with Gasteiger partial charge in [-0.3, -0.25) is 0 Å². The molecule has 0 spiro atoms. The number of aliphatic hydroxyl groups is 1. The fourth-order valence-corrected chi connectivity index (χ4v) is 0.601. The van der Waals surface area contributed by atoms with E-state index in [-0.39, 0.29) is 11.6 Å². The lowest BCUT2D eigenvalue weighted by atomic mass is 10.3. The van der Waals surface area contributed by atoms with Crippen LogP contribution in [0.25, 0.3) is 0 Å². The first-order valence-corrected chi connectivity index (χ1v) is 3.02. The quantitative estimate of drug-likeness (QED) is 0.708. The van der Waals surface area contributed by atoms with Crippen LogP contribution in [0.2, 0.25) is 0 Å². The van der Waals surface area contributed by atoms with Gasteiger partial charge in [0.15, 0.2) is 5.76 Å².